The molecule has 94 valence electrons. The number of nitrogens with one attached hydrogen (secondary N) is 1. The van der Waals surface area contributed by atoms with E-state index in [-0.39, 0.29) is 0 Å². The number of hydrogen-bond donors (Lipinski definition) is 2. The Bertz CT molecular complexity index is 518. The average molecular weight is 265 g/mol. The molecule has 0 spiro atoms. The van der Waals surface area contributed by atoms with Crippen LogP contribution in [-0.2, 0) is 4.79 Å². The molecule has 1 aliphatic carbocycles. The van der Waals surface area contributed by atoms with E-state index in [0.29, 0.717) is 35.7 Å². The van der Waals surface area contributed by atoms with Crippen molar-refractivity contribution in [1.82, 2.24) is 0 Å². The first-order chi connectivity index (χ1) is 8.57. The van der Waals surface area contributed by atoms with Gasteiger partial charge in [0, 0.05) is 11.6 Å². The van der Waals surface area contributed by atoms with Crippen LogP contribution >= 0.6 is 11.6 Å². The van der Waals surface area contributed by atoms with E-state index in [0.717, 1.165) is 6.42 Å². The fourth-order valence-electron chi connectivity index (χ4n) is 2.09. The second-order valence-corrected chi connectivity index (χ2v) is 5.03. The highest BCUT2D eigenvalue weighted by Gasteiger charge is 2.44. The summed E-state index contributed by atoms with van der Waals surface area (Å²) in [4.78, 5) is 11.2. The minimum Gasteiger partial charge on any atom is -0.481 e. The molecule has 5 heteroatoms. The molecule has 0 unspecified atom stereocenters. The zero-order valence-electron chi connectivity index (χ0n) is 9.74. The number of halogens is 1. The fraction of sp³-hybridized carbons (Fsp3) is 0.385. The Morgan fingerprint density at radius 1 is 1.56 bits per heavy atom. The molecule has 0 amide bonds. The number of benzene rings is 1. The molecule has 0 saturated heterocycles. The van der Waals surface area contributed by atoms with Crippen LogP contribution in [0.5, 0.6) is 0 Å². The summed E-state index contributed by atoms with van der Waals surface area (Å²) in [6.45, 7) is 0.331. The molecular weight excluding hydrogens is 252 g/mol. The molecule has 1 fully saturated rings. The largest absolute Gasteiger partial charge is 0.481 e. The maximum absolute atomic E-state index is 11.2. The van der Waals surface area contributed by atoms with E-state index in [1.807, 2.05) is 0 Å². The molecule has 2 rings (SSSR count). The highest BCUT2D eigenvalue weighted by Crippen LogP contribution is 2.41. The average Bonchev–Trinajstić information content (AvgIpc) is 2.27. The van der Waals surface area contributed by atoms with Gasteiger partial charge in [0.2, 0.25) is 0 Å². The lowest BCUT2D eigenvalue weighted by atomic mass is 9.69. The van der Waals surface area contributed by atoms with Crippen molar-refractivity contribution in [3.63, 3.8) is 0 Å². The predicted octanol–water partition coefficient (Wildman–Crippen LogP) is 2.88. The van der Waals surface area contributed by atoms with Crippen LogP contribution in [0.1, 0.15) is 24.8 Å². The monoisotopic (exact) mass is 264 g/mol. The van der Waals surface area contributed by atoms with Gasteiger partial charge in [-0.2, -0.15) is 5.26 Å². The first kappa shape index (κ1) is 12.7. The minimum atomic E-state index is -0.776. The Balaban J connectivity index is 2.13. The van der Waals surface area contributed by atoms with Crippen molar-refractivity contribution in [2.24, 2.45) is 5.41 Å². The number of nitriles is 1. The molecule has 1 aromatic rings. The van der Waals surface area contributed by atoms with Crippen molar-refractivity contribution in [3.8, 4) is 6.07 Å². The fourth-order valence-corrected chi connectivity index (χ4v) is 2.27. The lowest BCUT2D eigenvalue weighted by molar-refractivity contribution is -0.153. The summed E-state index contributed by atoms with van der Waals surface area (Å²) in [5.74, 6) is -0.776. The van der Waals surface area contributed by atoms with Crippen LogP contribution in [0.3, 0.4) is 0 Å². The molecule has 1 saturated carbocycles. The first-order valence-corrected chi connectivity index (χ1v) is 6.12. The lowest BCUT2D eigenvalue weighted by Crippen LogP contribution is -2.43. The van der Waals surface area contributed by atoms with Gasteiger partial charge in [0.1, 0.15) is 6.07 Å². The topological polar surface area (TPSA) is 73.1 Å². The molecule has 1 aromatic carbocycles. The van der Waals surface area contributed by atoms with Crippen molar-refractivity contribution >= 4 is 23.3 Å². The van der Waals surface area contributed by atoms with Crippen molar-refractivity contribution in [2.45, 2.75) is 19.3 Å². The van der Waals surface area contributed by atoms with Gasteiger partial charge in [0.15, 0.2) is 0 Å². The zero-order chi connectivity index (χ0) is 13.2. The number of nitrogens with zero attached hydrogens (tertiary/aromatic N) is 1. The molecule has 0 atom stereocenters. The molecule has 18 heavy (non-hydrogen) atoms. The molecule has 1 aliphatic rings. The second kappa shape index (κ2) is 4.87. The smallest absolute Gasteiger partial charge is 0.311 e. The third-order valence-corrected chi connectivity index (χ3v) is 3.72. The maximum atomic E-state index is 11.2. The van der Waals surface area contributed by atoms with Crippen LogP contribution < -0.4 is 5.32 Å². The van der Waals surface area contributed by atoms with Crippen LogP contribution in [-0.4, -0.2) is 17.6 Å². The zero-order valence-corrected chi connectivity index (χ0v) is 10.5. The Labute approximate surface area is 110 Å². The van der Waals surface area contributed by atoms with E-state index in [1.165, 1.54) is 0 Å². The van der Waals surface area contributed by atoms with E-state index >= 15 is 0 Å². The summed E-state index contributed by atoms with van der Waals surface area (Å²) >= 11 is 5.87. The quantitative estimate of drug-likeness (QED) is 0.877. The van der Waals surface area contributed by atoms with Gasteiger partial charge in [0.05, 0.1) is 16.7 Å². The SMILES string of the molecule is N#Cc1ccc(Cl)cc1NCC1(C(=O)O)CCC1. The molecule has 0 heterocycles. The van der Waals surface area contributed by atoms with Crippen molar-refractivity contribution < 1.29 is 9.90 Å². The standard InChI is InChI=1S/C13H13ClN2O2/c14-10-3-2-9(7-15)11(6-10)16-8-13(12(17)18)4-1-5-13/h2-3,6,16H,1,4-5,8H2,(H,17,18). The van der Waals surface area contributed by atoms with E-state index < -0.39 is 11.4 Å². The number of aliphatic carboxylic acids is 1. The van der Waals surface area contributed by atoms with Crippen molar-refractivity contribution in [1.29, 1.82) is 5.26 Å². The Morgan fingerprint density at radius 2 is 2.28 bits per heavy atom. The molecule has 0 aliphatic heterocycles. The van der Waals surface area contributed by atoms with Crippen LogP contribution in [0.15, 0.2) is 18.2 Å². The Hall–Kier alpha value is -1.73. The molecule has 0 aromatic heterocycles. The minimum absolute atomic E-state index is 0.331. The van der Waals surface area contributed by atoms with Gasteiger partial charge < -0.3 is 10.4 Å². The molecule has 0 radical (unpaired) electrons. The van der Waals surface area contributed by atoms with E-state index in [4.69, 9.17) is 16.9 Å². The Kier molecular flexibility index (Phi) is 3.44. The number of rotatable bonds is 4. The third-order valence-electron chi connectivity index (χ3n) is 3.48. The van der Waals surface area contributed by atoms with Gasteiger partial charge in [-0.05, 0) is 31.0 Å². The third kappa shape index (κ3) is 2.27. The van der Waals surface area contributed by atoms with Crippen LogP contribution in [0.4, 0.5) is 5.69 Å². The number of anilines is 1. The summed E-state index contributed by atoms with van der Waals surface area (Å²) in [5.41, 5.74) is 0.381. The summed E-state index contributed by atoms with van der Waals surface area (Å²) in [5, 5.41) is 21.7. The highest BCUT2D eigenvalue weighted by molar-refractivity contribution is 6.30. The van der Waals surface area contributed by atoms with Gasteiger partial charge in [-0.1, -0.05) is 18.0 Å². The molecule has 4 nitrogen and oxygen atoms in total. The first-order valence-electron chi connectivity index (χ1n) is 5.74. The second-order valence-electron chi connectivity index (χ2n) is 4.59. The van der Waals surface area contributed by atoms with Gasteiger partial charge in [-0.25, -0.2) is 0 Å². The number of carbonyl (C=O) groups is 1. The normalized spacial score (nSPS) is 16.4. The van der Waals surface area contributed by atoms with Gasteiger partial charge >= 0.3 is 5.97 Å². The Morgan fingerprint density at radius 3 is 2.78 bits per heavy atom. The summed E-state index contributed by atoms with van der Waals surface area (Å²) in [6, 6.07) is 6.97. The van der Waals surface area contributed by atoms with Crippen molar-refractivity contribution in [2.75, 3.05) is 11.9 Å². The highest BCUT2D eigenvalue weighted by atomic mass is 35.5. The number of hydrogen-bond acceptors (Lipinski definition) is 3. The maximum Gasteiger partial charge on any atom is 0.311 e. The van der Waals surface area contributed by atoms with Gasteiger partial charge in [-0.3, -0.25) is 4.79 Å². The number of carboxylic acids is 1. The molecular formula is C13H13ClN2O2. The molecule has 2 N–H and O–H groups in total. The summed E-state index contributed by atoms with van der Waals surface area (Å²) < 4.78 is 0. The van der Waals surface area contributed by atoms with Crippen LogP contribution in [0.2, 0.25) is 5.02 Å². The number of carboxylic acid groups (broad SMARTS) is 1. The summed E-state index contributed by atoms with van der Waals surface area (Å²) in [6.07, 6.45) is 2.30. The van der Waals surface area contributed by atoms with Crippen LogP contribution in [0.25, 0.3) is 0 Å². The lowest BCUT2D eigenvalue weighted by Gasteiger charge is -2.38. The van der Waals surface area contributed by atoms with Crippen molar-refractivity contribution in [3.05, 3.63) is 28.8 Å². The summed E-state index contributed by atoms with van der Waals surface area (Å²) in [7, 11) is 0. The predicted molar refractivity (Wildman–Crippen MR) is 68.6 cm³/mol. The van der Waals surface area contributed by atoms with E-state index in [9.17, 15) is 9.90 Å². The van der Waals surface area contributed by atoms with E-state index in [1.54, 1.807) is 18.2 Å². The molecule has 0 bridgehead atoms. The van der Waals surface area contributed by atoms with Gasteiger partial charge in [0.25, 0.3) is 0 Å². The van der Waals surface area contributed by atoms with Crippen LogP contribution in [0, 0.1) is 16.7 Å². The van der Waals surface area contributed by atoms with Gasteiger partial charge in [-0.15, -0.1) is 0 Å². The van der Waals surface area contributed by atoms with E-state index in [2.05, 4.69) is 11.4 Å².